The van der Waals surface area contributed by atoms with Crippen molar-refractivity contribution in [1.82, 2.24) is 25.2 Å². The molecule has 1 atom stereocenters. The number of anilines is 1. The standard InChI is InChI=1S/C36H36Cl2N6O7/c1-36(2,3)51-35(48)44(18-22-10-12-29(46)41-22)17-20-9-11-25(43-34(20)50-5)23-13-14-39-32(31(23)38)24-7-6-8-26(30(24)37)42-33(47)27-15-28(49-4)21(19-45)16-40-27/h6-9,11,13-16,19,22H,10,12,17-18H2,1-5H3,(H,41,46)(H,42,47)/t22-/m0/s1. The molecule has 266 valence electrons. The fraction of sp³-hybridized carbons (Fsp3) is 0.306. The topological polar surface area (TPSA) is 162 Å². The van der Waals surface area contributed by atoms with Gasteiger partial charge in [-0.2, -0.15) is 0 Å². The third kappa shape index (κ3) is 8.73. The van der Waals surface area contributed by atoms with E-state index < -0.39 is 17.6 Å². The van der Waals surface area contributed by atoms with Crippen LogP contribution < -0.4 is 20.1 Å². The molecule has 0 unspecified atom stereocenters. The van der Waals surface area contributed by atoms with Gasteiger partial charge >= 0.3 is 6.09 Å². The van der Waals surface area contributed by atoms with E-state index in [1.807, 2.05) is 0 Å². The molecule has 0 aliphatic carbocycles. The Morgan fingerprint density at radius 3 is 2.51 bits per heavy atom. The minimum Gasteiger partial charge on any atom is -0.496 e. The second kappa shape index (κ2) is 15.7. The molecule has 1 aromatic carbocycles. The first-order valence-electron chi connectivity index (χ1n) is 15.9. The largest absolute Gasteiger partial charge is 0.496 e. The van der Waals surface area contributed by atoms with Crippen molar-refractivity contribution in [3.8, 4) is 34.1 Å². The minimum atomic E-state index is -0.722. The van der Waals surface area contributed by atoms with E-state index in [9.17, 15) is 19.2 Å². The van der Waals surface area contributed by atoms with Crippen molar-refractivity contribution in [1.29, 1.82) is 0 Å². The fourth-order valence-corrected chi connectivity index (χ4v) is 5.97. The van der Waals surface area contributed by atoms with Gasteiger partial charge in [0, 0.05) is 54.2 Å². The van der Waals surface area contributed by atoms with Crippen molar-refractivity contribution in [3.63, 3.8) is 0 Å². The predicted octanol–water partition coefficient (Wildman–Crippen LogP) is 6.61. The number of nitrogens with zero attached hydrogens (tertiary/aromatic N) is 4. The van der Waals surface area contributed by atoms with E-state index >= 15 is 0 Å². The molecule has 1 fully saturated rings. The number of carbonyl (C=O) groups is 4. The van der Waals surface area contributed by atoms with Crippen molar-refractivity contribution in [2.75, 3.05) is 26.1 Å². The summed E-state index contributed by atoms with van der Waals surface area (Å²) in [6.07, 6.45) is 3.87. The molecule has 0 radical (unpaired) electrons. The van der Waals surface area contributed by atoms with Gasteiger partial charge in [0.1, 0.15) is 17.0 Å². The maximum absolute atomic E-state index is 13.2. The Morgan fingerprint density at radius 1 is 1.06 bits per heavy atom. The van der Waals surface area contributed by atoms with Gasteiger partial charge in [-0.25, -0.2) is 9.78 Å². The lowest BCUT2D eigenvalue weighted by Crippen LogP contribution is -2.43. The number of hydrogen-bond acceptors (Lipinski definition) is 10. The number of rotatable bonds is 11. The van der Waals surface area contributed by atoms with E-state index in [2.05, 4.69) is 20.6 Å². The average molecular weight is 736 g/mol. The lowest BCUT2D eigenvalue weighted by Gasteiger charge is -2.29. The summed E-state index contributed by atoms with van der Waals surface area (Å²) in [6, 6.07) is 11.4. The summed E-state index contributed by atoms with van der Waals surface area (Å²) in [5.74, 6) is -0.164. The second-order valence-corrected chi connectivity index (χ2v) is 13.4. The Kier molecular flexibility index (Phi) is 11.4. The molecule has 13 nitrogen and oxygen atoms in total. The van der Waals surface area contributed by atoms with E-state index in [0.29, 0.717) is 47.2 Å². The molecular formula is C36H36Cl2N6O7. The summed E-state index contributed by atoms with van der Waals surface area (Å²) in [5.41, 5.74) is 2.16. The summed E-state index contributed by atoms with van der Waals surface area (Å²) in [6.45, 7) is 5.73. The van der Waals surface area contributed by atoms with Gasteiger partial charge in [0.05, 0.1) is 53.4 Å². The van der Waals surface area contributed by atoms with Crippen LogP contribution in [-0.2, 0) is 16.1 Å². The maximum atomic E-state index is 13.2. The number of nitrogens with one attached hydrogen (secondary N) is 2. The van der Waals surface area contributed by atoms with Crippen molar-refractivity contribution < 1.29 is 33.4 Å². The highest BCUT2D eigenvalue weighted by Crippen LogP contribution is 2.40. The van der Waals surface area contributed by atoms with E-state index in [1.54, 1.807) is 63.4 Å². The predicted molar refractivity (Wildman–Crippen MR) is 191 cm³/mol. The number of amides is 3. The van der Waals surface area contributed by atoms with Crippen LogP contribution >= 0.6 is 23.2 Å². The van der Waals surface area contributed by atoms with E-state index in [-0.39, 0.29) is 63.7 Å². The lowest BCUT2D eigenvalue weighted by molar-refractivity contribution is -0.119. The van der Waals surface area contributed by atoms with Crippen molar-refractivity contribution >= 4 is 53.1 Å². The number of aromatic nitrogens is 3. The van der Waals surface area contributed by atoms with Crippen LogP contribution in [0.2, 0.25) is 10.0 Å². The number of carbonyl (C=O) groups excluding carboxylic acids is 4. The molecule has 1 saturated heterocycles. The zero-order chi connectivity index (χ0) is 36.9. The van der Waals surface area contributed by atoms with E-state index in [0.717, 1.165) is 0 Å². The van der Waals surface area contributed by atoms with Crippen molar-refractivity contribution in [2.24, 2.45) is 0 Å². The summed E-state index contributed by atoms with van der Waals surface area (Å²) in [4.78, 5) is 64.1. The summed E-state index contributed by atoms with van der Waals surface area (Å²) < 4.78 is 16.5. The van der Waals surface area contributed by atoms with Gasteiger partial charge in [-0.15, -0.1) is 0 Å². The highest BCUT2D eigenvalue weighted by atomic mass is 35.5. The minimum absolute atomic E-state index is 0.0139. The van der Waals surface area contributed by atoms with Gasteiger partial charge in [0.25, 0.3) is 5.91 Å². The van der Waals surface area contributed by atoms with Crippen LogP contribution in [0.5, 0.6) is 11.6 Å². The third-order valence-electron chi connectivity index (χ3n) is 7.81. The molecule has 3 aromatic heterocycles. The first-order chi connectivity index (χ1) is 24.3. The number of pyridine rings is 3. The average Bonchev–Trinajstić information content (AvgIpc) is 3.52. The monoisotopic (exact) mass is 734 g/mol. The van der Waals surface area contributed by atoms with Crippen LogP contribution in [0.15, 0.2) is 54.9 Å². The number of benzene rings is 1. The zero-order valence-corrected chi connectivity index (χ0v) is 30.1. The van der Waals surface area contributed by atoms with Crippen molar-refractivity contribution in [3.05, 3.63) is 81.7 Å². The molecule has 15 heteroatoms. The third-order valence-corrected chi connectivity index (χ3v) is 8.60. The number of halogens is 2. The van der Waals surface area contributed by atoms with E-state index in [4.69, 9.17) is 42.4 Å². The Balaban J connectivity index is 1.41. The number of aldehydes is 1. The SMILES string of the molecule is COc1cc(C(=O)Nc2cccc(-c3nccc(-c4ccc(CN(C[C@@H]5CCC(=O)N5)C(=O)OC(C)(C)C)c(OC)n4)c3Cl)c2Cl)ncc1C=O. The summed E-state index contributed by atoms with van der Waals surface area (Å²) >= 11 is 13.7. The van der Waals surface area contributed by atoms with Crippen LogP contribution in [0, 0.1) is 0 Å². The van der Waals surface area contributed by atoms with Crippen molar-refractivity contribution in [2.45, 2.75) is 51.8 Å². The molecule has 3 amide bonds. The molecule has 0 spiro atoms. The molecule has 0 saturated carbocycles. The lowest BCUT2D eigenvalue weighted by atomic mass is 10.1. The number of methoxy groups -OCH3 is 2. The normalized spacial score (nSPS) is 14.0. The van der Waals surface area contributed by atoms with Gasteiger partial charge in [-0.3, -0.25) is 24.4 Å². The first-order valence-corrected chi connectivity index (χ1v) is 16.6. The fourth-order valence-electron chi connectivity index (χ4n) is 5.40. The molecular weight excluding hydrogens is 699 g/mol. The Bertz CT molecular complexity index is 1980. The zero-order valence-electron chi connectivity index (χ0n) is 28.6. The quantitative estimate of drug-likeness (QED) is 0.160. The smallest absolute Gasteiger partial charge is 0.410 e. The van der Waals surface area contributed by atoms with Crippen LogP contribution in [0.1, 0.15) is 60.0 Å². The van der Waals surface area contributed by atoms with Crippen LogP contribution in [0.3, 0.4) is 0 Å². The first kappa shape index (κ1) is 37.0. The molecule has 0 bridgehead atoms. The Hall–Kier alpha value is -5.27. The summed E-state index contributed by atoms with van der Waals surface area (Å²) in [5, 5.41) is 6.06. The molecule has 5 rings (SSSR count). The van der Waals surface area contributed by atoms with Gasteiger partial charge in [-0.05, 0) is 51.5 Å². The Morgan fingerprint density at radius 2 is 1.84 bits per heavy atom. The number of ether oxygens (including phenoxy) is 3. The molecule has 4 heterocycles. The van der Waals surface area contributed by atoms with Crippen LogP contribution in [-0.4, -0.2) is 76.5 Å². The molecule has 2 N–H and O–H groups in total. The maximum Gasteiger partial charge on any atom is 0.410 e. The highest BCUT2D eigenvalue weighted by molar-refractivity contribution is 6.39. The van der Waals surface area contributed by atoms with E-state index in [1.165, 1.54) is 31.4 Å². The van der Waals surface area contributed by atoms with Gasteiger partial charge in [0.2, 0.25) is 11.8 Å². The van der Waals surface area contributed by atoms with Gasteiger partial charge in [0.15, 0.2) is 6.29 Å². The summed E-state index contributed by atoms with van der Waals surface area (Å²) in [7, 11) is 2.86. The Labute approximate surface area is 304 Å². The molecule has 4 aromatic rings. The molecule has 51 heavy (non-hydrogen) atoms. The molecule has 1 aliphatic heterocycles. The van der Waals surface area contributed by atoms with Crippen LogP contribution in [0.25, 0.3) is 22.5 Å². The van der Waals surface area contributed by atoms with Crippen LogP contribution in [0.4, 0.5) is 10.5 Å². The molecule has 1 aliphatic rings. The second-order valence-electron chi connectivity index (χ2n) is 12.6. The number of hydrogen-bond donors (Lipinski definition) is 2. The highest BCUT2D eigenvalue weighted by Gasteiger charge is 2.29. The van der Waals surface area contributed by atoms with Gasteiger partial charge in [-0.1, -0.05) is 35.3 Å². The van der Waals surface area contributed by atoms with Gasteiger partial charge < -0.3 is 29.7 Å².